The molecular weight excluding hydrogens is 1220 g/mol. The molecule has 2 aromatic heterocycles. The molecule has 488 valence electrons. The van der Waals surface area contributed by atoms with E-state index in [1.165, 1.54) is 0 Å². The normalized spacial score (nSPS) is 18.8. The molecule has 0 saturated heterocycles. The number of aromatic nitrogens is 4. The molecule has 10 rings (SSSR count). The van der Waals surface area contributed by atoms with E-state index < -0.39 is 94.2 Å². The van der Waals surface area contributed by atoms with Gasteiger partial charge < -0.3 is 51.8 Å². The average Bonchev–Trinajstić information content (AvgIpc) is 1.05. The van der Waals surface area contributed by atoms with E-state index in [1.807, 2.05) is 72.8 Å². The predicted molar refractivity (Wildman–Crippen MR) is 348 cm³/mol. The number of fused-ring (bicyclic) bond motifs is 8. The molecule has 0 saturated carbocycles. The van der Waals surface area contributed by atoms with Crippen molar-refractivity contribution in [2.75, 3.05) is 12.9 Å². The Morgan fingerprint density at radius 2 is 1.02 bits per heavy atom. The molecule has 0 spiro atoms. The Labute approximate surface area is 543 Å². The van der Waals surface area contributed by atoms with Crippen LogP contribution in [0.2, 0.25) is 0 Å². The highest BCUT2D eigenvalue weighted by molar-refractivity contribution is 7.88. The van der Waals surface area contributed by atoms with Crippen molar-refractivity contribution in [1.82, 2.24) is 61.5 Å². The van der Waals surface area contributed by atoms with Crippen LogP contribution in [-0.4, -0.2) is 124 Å². The number of nitrogens with zero attached hydrogens (tertiary/aromatic N) is 4. The number of benzene rings is 6. The lowest BCUT2D eigenvalue weighted by atomic mass is 9.96. The van der Waals surface area contributed by atoms with Crippen LogP contribution >= 0.6 is 0 Å². The van der Waals surface area contributed by atoms with Crippen LogP contribution in [0.5, 0.6) is 23.0 Å². The van der Waals surface area contributed by atoms with Crippen molar-refractivity contribution >= 4 is 51.4 Å². The summed E-state index contributed by atoms with van der Waals surface area (Å²) < 4.78 is 44.3. The van der Waals surface area contributed by atoms with Gasteiger partial charge in [0.05, 0.1) is 18.6 Å². The predicted octanol–water partition coefficient (Wildman–Crippen LogP) is 3.83. The SMILES string of the molecule is Cn1cc(CNC(=O)[C@@H]2Cc3ccc(-c4ccc(CC[C@@H]5NC(=O)[C@@H](NS(C)(=O)=O)Cc6cccc(c6)Oc6cccc(c6)C[C@@H](C(=O)NCc6cnn(C)c6)NC5=O)cc4)c(c3)Oc3cccc(c3)C[C@H](NC(=O)CO)C(=O)N[C@@H](CCc3ccccc3)C(=O)N2)cn1. The number of sulfonamides is 1. The first-order valence-corrected chi connectivity index (χ1v) is 32.6. The van der Waals surface area contributed by atoms with Crippen molar-refractivity contribution < 1.29 is 56.6 Å². The minimum Gasteiger partial charge on any atom is -0.457 e. The molecule has 25 heteroatoms. The summed E-state index contributed by atoms with van der Waals surface area (Å²) in [5.41, 5.74) is 6.78. The van der Waals surface area contributed by atoms with Crippen LogP contribution in [0.25, 0.3) is 11.1 Å². The third kappa shape index (κ3) is 18.8. The fourth-order valence-electron chi connectivity index (χ4n) is 11.2. The lowest BCUT2D eigenvalue weighted by molar-refractivity contribution is -0.134. The first-order valence-electron chi connectivity index (χ1n) is 30.7. The van der Waals surface area contributed by atoms with Gasteiger partial charge in [0.15, 0.2) is 0 Å². The van der Waals surface area contributed by atoms with Crippen molar-refractivity contribution in [2.24, 2.45) is 14.1 Å². The van der Waals surface area contributed by atoms with E-state index in [0.29, 0.717) is 68.4 Å². The van der Waals surface area contributed by atoms with Crippen LogP contribution < -0.4 is 51.4 Å². The van der Waals surface area contributed by atoms with Gasteiger partial charge in [0.2, 0.25) is 51.4 Å². The van der Waals surface area contributed by atoms with Crippen molar-refractivity contribution in [3.05, 3.63) is 215 Å². The summed E-state index contributed by atoms with van der Waals surface area (Å²) >= 11 is 0. The molecule has 0 aliphatic carbocycles. The monoisotopic (exact) mass is 1290 g/mol. The zero-order valence-electron chi connectivity index (χ0n) is 52.0. The maximum absolute atomic E-state index is 14.8. The second-order valence-electron chi connectivity index (χ2n) is 23.5. The lowest BCUT2D eigenvalue weighted by Gasteiger charge is -2.26. The van der Waals surface area contributed by atoms with Crippen molar-refractivity contribution in [2.45, 2.75) is 101 Å². The third-order valence-corrected chi connectivity index (χ3v) is 16.7. The number of carbonyl (C=O) groups is 7. The highest BCUT2D eigenvalue weighted by Crippen LogP contribution is 2.36. The Balaban J connectivity index is 0.957. The van der Waals surface area contributed by atoms with Gasteiger partial charge in [-0.3, -0.25) is 42.9 Å². The van der Waals surface area contributed by atoms with E-state index in [1.54, 1.807) is 121 Å². The maximum Gasteiger partial charge on any atom is 0.246 e. The maximum atomic E-state index is 14.8. The Kier molecular flexibility index (Phi) is 21.7. The smallest absolute Gasteiger partial charge is 0.246 e. The van der Waals surface area contributed by atoms with Crippen LogP contribution in [0.4, 0.5) is 0 Å². The van der Waals surface area contributed by atoms with Gasteiger partial charge in [-0.1, -0.05) is 103 Å². The van der Waals surface area contributed by atoms with Gasteiger partial charge in [0.1, 0.15) is 65.9 Å². The number of hydrogen-bond donors (Lipinski definition) is 9. The summed E-state index contributed by atoms with van der Waals surface area (Å²) in [4.78, 5) is 99.6. The van der Waals surface area contributed by atoms with E-state index in [-0.39, 0.29) is 58.0 Å². The van der Waals surface area contributed by atoms with E-state index in [4.69, 9.17) is 9.47 Å². The summed E-state index contributed by atoms with van der Waals surface area (Å²) in [6, 6.07) is 35.7. The largest absolute Gasteiger partial charge is 0.457 e. The topological polar surface area (TPSA) is 324 Å². The Morgan fingerprint density at radius 1 is 0.543 bits per heavy atom. The molecule has 0 unspecified atom stereocenters. The molecule has 9 N–H and O–H groups in total. The highest BCUT2D eigenvalue weighted by atomic mass is 32.2. The molecule has 2 aliphatic rings. The Morgan fingerprint density at radius 3 is 1.52 bits per heavy atom. The van der Waals surface area contributed by atoms with Gasteiger partial charge in [0, 0.05) is 75.5 Å². The number of nitrogens with one attached hydrogen (secondary N) is 8. The molecule has 24 nitrogen and oxygen atoms in total. The van der Waals surface area contributed by atoms with Gasteiger partial charge >= 0.3 is 0 Å². The van der Waals surface area contributed by atoms with Crippen molar-refractivity contribution in [1.29, 1.82) is 0 Å². The summed E-state index contributed by atoms with van der Waals surface area (Å²) in [6.45, 7) is -0.693. The first kappa shape index (κ1) is 66.4. The molecule has 2 aliphatic heterocycles. The number of aliphatic hydroxyl groups excluding tert-OH is 1. The van der Waals surface area contributed by atoms with E-state index in [0.717, 1.165) is 22.9 Å². The summed E-state index contributed by atoms with van der Waals surface area (Å²) in [7, 11) is -0.481. The molecule has 0 fully saturated rings. The molecule has 8 aromatic rings. The molecule has 7 amide bonds. The van der Waals surface area contributed by atoms with Crippen LogP contribution in [0.3, 0.4) is 0 Å². The Bertz CT molecular complexity index is 4160. The van der Waals surface area contributed by atoms with Crippen molar-refractivity contribution in [3.63, 3.8) is 0 Å². The summed E-state index contributed by atoms with van der Waals surface area (Å²) in [5.74, 6) is -3.09. The zero-order valence-corrected chi connectivity index (χ0v) is 52.9. The highest BCUT2D eigenvalue weighted by Gasteiger charge is 2.33. The van der Waals surface area contributed by atoms with Gasteiger partial charge in [-0.15, -0.1) is 0 Å². The summed E-state index contributed by atoms with van der Waals surface area (Å²) in [5, 5.41) is 38.1. The van der Waals surface area contributed by atoms with E-state index in [2.05, 4.69) is 52.1 Å². The molecule has 4 heterocycles. The van der Waals surface area contributed by atoms with Crippen molar-refractivity contribution in [3.8, 4) is 34.1 Å². The fourth-order valence-corrected chi connectivity index (χ4v) is 11.9. The van der Waals surface area contributed by atoms with Crippen LogP contribution in [-0.2, 0) is 109 Å². The van der Waals surface area contributed by atoms with Crippen LogP contribution in [0, 0.1) is 0 Å². The van der Waals surface area contributed by atoms with Gasteiger partial charge in [-0.25, -0.2) is 13.1 Å². The number of rotatable bonds is 17. The number of ether oxygens (including phenoxy) is 2. The lowest BCUT2D eigenvalue weighted by Crippen LogP contribution is -2.57. The third-order valence-electron chi connectivity index (χ3n) is 16.0. The van der Waals surface area contributed by atoms with Gasteiger partial charge in [-0.2, -0.15) is 10.2 Å². The number of carbonyl (C=O) groups excluding carboxylic acids is 7. The first-order chi connectivity index (χ1) is 45.2. The molecule has 0 radical (unpaired) electrons. The molecular formula is C69H74N12O12S. The Hall–Kier alpha value is -10.5. The number of amides is 7. The molecule has 8 bridgehead atoms. The van der Waals surface area contributed by atoms with E-state index >= 15 is 0 Å². The van der Waals surface area contributed by atoms with Gasteiger partial charge in [-0.05, 0) is 114 Å². The molecule has 94 heavy (non-hydrogen) atoms. The molecule has 6 aromatic carbocycles. The summed E-state index contributed by atoms with van der Waals surface area (Å²) in [6.07, 6.45) is 8.20. The number of hydrogen-bond acceptors (Lipinski definition) is 14. The minimum atomic E-state index is -3.98. The minimum absolute atomic E-state index is 0.00175. The second-order valence-corrected chi connectivity index (χ2v) is 25.3. The fraction of sp³-hybridized carbons (Fsp3) is 0.290. The van der Waals surface area contributed by atoms with Gasteiger partial charge in [0.25, 0.3) is 0 Å². The van der Waals surface area contributed by atoms with Crippen LogP contribution in [0.1, 0.15) is 57.3 Å². The zero-order chi connectivity index (χ0) is 66.3. The second kappa shape index (κ2) is 30.7. The number of aliphatic hydroxyl groups is 1. The average molecular weight is 1300 g/mol. The van der Waals surface area contributed by atoms with E-state index in [9.17, 15) is 47.1 Å². The quantitative estimate of drug-likeness (QED) is 0.0626. The molecule has 6 atom stereocenters. The van der Waals surface area contributed by atoms with Crippen LogP contribution in [0.15, 0.2) is 170 Å². The standard InChI is InChI=1S/C69H74N12O12S/c1-80-40-49(38-72-80)36-70-64(84)58-31-45-12-7-15-52(28-45)92-53-16-8-14-47(29-53)34-61(79-94(3,90)91)69(89)76-57(67(87)77-58)27-22-44-18-23-51(24-19-44)55-25-20-48-33-59(65(85)71-37-50-39-73-81(2)41-50)78-66(86)56(26-21-43-10-5-4-6-11-43)75-68(88)60(74-63(83)42-82)32-46-13-9-17-54(30-46)93-62(55)35-48/h4-20,23-25,28-30,35,38-41,56-61,79,82H,21-22,26-27,31-34,36-37,42H2,1-3H3,(H,70,84)(H,71,85)(H,74,83)(H,75,88)(H,76,89)(H,77,87)(H,78,86)/t56-,57-,58-,59-,60-,61-/m0/s1. The number of aryl methyl sites for hydroxylation is 4.